The van der Waals surface area contributed by atoms with Crippen LogP contribution in [0.25, 0.3) is 11.0 Å². The minimum absolute atomic E-state index is 0.602. The number of likely N-dealkylation sites (N-methyl/N-ethyl adjacent to an activating group) is 1. The van der Waals surface area contributed by atoms with Gasteiger partial charge in [0.2, 0.25) is 5.88 Å². The summed E-state index contributed by atoms with van der Waals surface area (Å²) in [6.45, 7) is 3.31. The van der Waals surface area contributed by atoms with Gasteiger partial charge in [-0.2, -0.15) is 0 Å². The van der Waals surface area contributed by atoms with Crippen molar-refractivity contribution in [3.05, 3.63) is 30.0 Å². The van der Waals surface area contributed by atoms with Crippen molar-refractivity contribution in [2.75, 3.05) is 20.2 Å². The molecule has 4 nitrogen and oxygen atoms in total. The summed E-state index contributed by atoms with van der Waals surface area (Å²) in [5.74, 6) is 0.619. The van der Waals surface area contributed by atoms with Gasteiger partial charge in [-0.1, -0.05) is 12.1 Å². The molecule has 2 rings (SSSR count). The Morgan fingerprint density at radius 3 is 2.56 bits per heavy atom. The normalized spacial score (nSPS) is 10.6. The Bertz CT molecular complexity index is 485. The molecule has 0 saturated carbocycles. The van der Waals surface area contributed by atoms with Crippen LogP contribution >= 0.6 is 0 Å². The van der Waals surface area contributed by atoms with Crippen LogP contribution in [0.15, 0.2) is 24.3 Å². The van der Waals surface area contributed by atoms with E-state index in [9.17, 15) is 0 Å². The van der Waals surface area contributed by atoms with Crippen LogP contribution in [-0.2, 0) is 0 Å². The summed E-state index contributed by atoms with van der Waals surface area (Å²) >= 11 is 0. The van der Waals surface area contributed by atoms with E-state index in [4.69, 9.17) is 4.74 Å². The lowest BCUT2D eigenvalue weighted by atomic mass is 10.3. The van der Waals surface area contributed by atoms with E-state index in [1.165, 1.54) is 0 Å². The van der Waals surface area contributed by atoms with Crippen LogP contribution < -0.4 is 10.1 Å². The van der Waals surface area contributed by atoms with Crippen molar-refractivity contribution in [2.24, 2.45) is 0 Å². The number of aryl methyl sites for hydroxylation is 1. The van der Waals surface area contributed by atoms with Crippen LogP contribution in [0.2, 0.25) is 0 Å². The zero-order chi connectivity index (χ0) is 11.4. The van der Waals surface area contributed by atoms with E-state index in [1.807, 2.05) is 38.2 Å². The van der Waals surface area contributed by atoms with Crippen molar-refractivity contribution >= 4 is 11.0 Å². The second kappa shape index (κ2) is 4.90. The van der Waals surface area contributed by atoms with Gasteiger partial charge in [0.25, 0.3) is 0 Å². The number of hydrogen-bond acceptors (Lipinski definition) is 4. The Hall–Kier alpha value is -1.68. The molecular formula is C12H15N3O. The molecule has 1 N–H and O–H groups in total. The van der Waals surface area contributed by atoms with Gasteiger partial charge < -0.3 is 10.1 Å². The topological polar surface area (TPSA) is 47.0 Å². The SMILES string of the molecule is CNCCOc1nc2ccccc2nc1C. The second-order valence-corrected chi connectivity index (χ2v) is 3.55. The fourth-order valence-corrected chi connectivity index (χ4v) is 1.46. The maximum atomic E-state index is 5.55. The first-order chi connectivity index (χ1) is 7.81. The molecule has 0 radical (unpaired) electrons. The van der Waals surface area contributed by atoms with Crippen molar-refractivity contribution in [1.29, 1.82) is 0 Å². The fourth-order valence-electron chi connectivity index (χ4n) is 1.46. The van der Waals surface area contributed by atoms with Crippen LogP contribution in [0.4, 0.5) is 0 Å². The molecule has 0 aliphatic carbocycles. The number of aromatic nitrogens is 2. The summed E-state index contributed by atoms with van der Waals surface area (Å²) in [5.41, 5.74) is 2.60. The highest BCUT2D eigenvalue weighted by molar-refractivity contribution is 5.74. The number of ether oxygens (including phenoxy) is 1. The molecule has 0 bridgehead atoms. The molecule has 4 heteroatoms. The predicted octanol–water partition coefficient (Wildman–Crippen LogP) is 1.54. The molecule has 0 amide bonds. The molecule has 1 aromatic heterocycles. The zero-order valence-corrected chi connectivity index (χ0v) is 9.53. The van der Waals surface area contributed by atoms with Gasteiger partial charge in [-0.25, -0.2) is 9.97 Å². The van der Waals surface area contributed by atoms with E-state index in [0.29, 0.717) is 12.5 Å². The standard InChI is InChI=1S/C12H15N3O/c1-9-12(16-8-7-13-2)15-11-6-4-3-5-10(11)14-9/h3-6,13H,7-8H2,1-2H3. The van der Waals surface area contributed by atoms with Gasteiger partial charge in [0, 0.05) is 6.54 Å². The molecule has 1 aromatic carbocycles. The molecule has 0 unspecified atom stereocenters. The minimum Gasteiger partial charge on any atom is -0.475 e. The molecular weight excluding hydrogens is 202 g/mol. The Kier molecular flexibility index (Phi) is 3.31. The lowest BCUT2D eigenvalue weighted by Gasteiger charge is -2.08. The summed E-state index contributed by atoms with van der Waals surface area (Å²) in [6.07, 6.45) is 0. The molecule has 2 aromatic rings. The molecule has 0 saturated heterocycles. The van der Waals surface area contributed by atoms with E-state index in [-0.39, 0.29) is 0 Å². The van der Waals surface area contributed by atoms with Crippen molar-refractivity contribution < 1.29 is 4.74 Å². The van der Waals surface area contributed by atoms with Crippen LogP contribution in [0.5, 0.6) is 5.88 Å². The maximum absolute atomic E-state index is 5.55. The van der Waals surface area contributed by atoms with Gasteiger partial charge in [0.05, 0.1) is 11.0 Å². The molecule has 0 spiro atoms. The number of hydrogen-bond donors (Lipinski definition) is 1. The minimum atomic E-state index is 0.602. The second-order valence-electron chi connectivity index (χ2n) is 3.55. The lowest BCUT2D eigenvalue weighted by Crippen LogP contribution is -2.16. The van der Waals surface area contributed by atoms with Crippen LogP contribution in [0, 0.1) is 6.92 Å². The number of benzene rings is 1. The largest absolute Gasteiger partial charge is 0.475 e. The Morgan fingerprint density at radius 2 is 1.88 bits per heavy atom. The van der Waals surface area contributed by atoms with Crippen LogP contribution in [-0.4, -0.2) is 30.2 Å². The van der Waals surface area contributed by atoms with Crippen molar-refractivity contribution in [3.8, 4) is 5.88 Å². The van der Waals surface area contributed by atoms with Gasteiger partial charge in [-0.05, 0) is 26.1 Å². The molecule has 1 heterocycles. The molecule has 16 heavy (non-hydrogen) atoms. The highest BCUT2D eigenvalue weighted by Gasteiger charge is 2.05. The first kappa shape index (κ1) is 10.8. The monoisotopic (exact) mass is 217 g/mol. The van der Waals surface area contributed by atoms with Gasteiger partial charge >= 0.3 is 0 Å². The summed E-state index contributed by atoms with van der Waals surface area (Å²) in [4.78, 5) is 8.88. The summed E-state index contributed by atoms with van der Waals surface area (Å²) in [6, 6.07) is 7.79. The lowest BCUT2D eigenvalue weighted by molar-refractivity contribution is 0.304. The Labute approximate surface area is 94.7 Å². The third-order valence-electron chi connectivity index (χ3n) is 2.29. The first-order valence-electron chi connectivity index (χ1n) is 5.32. The van der Waals surface area contributed by atoms with Gasteiger partial charge in [0.15, 0.2) is 0 Å². The Morgan fingerprint density at radius 1 is 1.19 bits per heavy atom. The molecule has 0 aliphatic rings. The maximum Gasteiger partial charge on any atom is 0.235 e. The Balaban J connectivity index is 2.27. The molecule has 0 fully saturated rings. The van der Waals surface area contributed by atoms with E-state index < -0.39 is 0 Å². The summed E-state index contributed by atoms with van der Waals surface area (Å²) < 4.78 is 5.55. The van der Waals surface area contributed by atoms with E-state index in [2.05, 4.69) is 15.3 Å². The number of nitrogens with zero attached hydrogens (tertiary/aromatic N) is 2. The fraction of sp³-hybridized carbons (Fsp3) is 0.333. The highest BCUT2D eigenvalue weighted by Crippen LogP contribution is 2.17. The van der Waals surface area contributed by atoms with Gasteiger partial charge in [0.1, 0.15) is 12.3 Å². The first-order valence-corrected chi connectivity index (χ1v) is 5.32. The predicted molar refractivity (Wildman–Crippen MR) is 63.7 cm³/mol. The summed E-state index contributed by atoms with van der Waals surface area (Å²) in [7, 11) is 1.89. The zero-order valence-electron chi connectivity index (χ0n) is 9.53. The highest BCUT2D eigenvalue weighted by atomic mass is 16.5. The number of rotatable bonds is 4. The number of nitrogens with one attached hydrogen (secondary N) is 1. The molecule has 0 aliphatic heterocycles. The quantitative estimate of drug-likeness (QED) is 0.789. The van der Waals surface area contributed by atoms with Crippen LogP contribution in [0.1, 0.15) is 5.69 Å². The van der Waals surface area contributed by atoms with E-state index in [1.54, 1.807) is 0 Å². The average Bonchev–Trinajstić information content (AvgIpc) is 2.30. The van der Waals surface area contributed by atoms with Crippen molar-refractivity contribution in [3.63, 3.8) is 0 Å². The van der Waals surface area contributed by atoms with E-state index in [0.717, 1.165) is 23.3 Å². The molecule has 0 atom stereocenters. The average molecular weight is 217 g/mol. The van der Waals surface area contributed by atoms with Crippen molar-refractivity contribution in [2.45, 2.75) is 6.92 Å². The number of para-hydroxylation sites is 2. The van der Waals surface area contributed by atoms with Crippen molar-refractivity contribution in [1.82, 2.24) is 15.3 Å². The van der Waals surface area contributed by atoms with E-state index >= 15 is 0 Å². The van der Waals surface area contributed by atoms with Gasteiger partial charge in [-0.15, -0.1) is 0 Å². The third kappa shape index (κ3) is 2.28. The van der Waals surface area contributed by atoms with Crippen LogP contribution in [0.3, 0.4) is 0 Å². The molecule has 84 valence electrons. The van der Waals surface area contributed by atoms with Gasteiger partial charge in [-0.3, -0.25) is 0 Å². The summed E-state index contributed by atoms with van der Waals surface area (Å²) in [5, 5.41) is 3.02. The third-order valence-corrected chi connectivity index (χ3v) is 2.29. The smallest absolute Gasteiger partial charge is 0.235 e. The number of fused-ring (bicyclic) bond motifs is 1.